The van der Waals surface area contributed by atoms with Gasteiger partial charge in [0.05, 0.1) is 68.4 Å². The van der Waals surface area contributed by atoms with Crippen LogP contribution in [0.2, 0.25) is 0 Å². The minimum atomic E-state index is -1.17. The number of carbonyl (C=O) groups is 11. The van der Waals surface area contributed by atoms with Crippen molar-refractivity contribution in [2.75, 3.05) is 66.4 Å². The number of benzene rings is 2. The number of nitrogens with one attached hydrogen (secondary N) is 8. The van der Waals surface area contributed by atoms with Gasteiger partial charge in [0.25, 0.3) is 0 Å². The van der Waals surface area contributed by atoms with E-state index in [2.05, 4.69) is 42.5 Å². The molecule has 1 unspecified atom stereocenters. The molecule has 12 atom stereocenters. The second-order valence-corrected chi connectivity index (χ2v) is 24.6. The number of rotatable bonds is 37. The van der Waals surface area contributed by atoms with Gasteiger partial charge in [-0.15, -0.1) is 0 Å². The van der Waals surface area contributed by atoms with Crippen molar-refractivity contribution >= 4 is 71.0 Å². The Morgan fingerprint density at radius 3 is 1.88 bits per heavy atom. The fourth-order valence-corrected chi connectivity index (χ4v) is 11.2. The molecule has 28 heteroatoms. The molecule has 92 heavy (non-hydrogen) atoms. The standard InChI is InChI=1S/C64H103N13O15/c1-15-39(8)55(47(90-13)31-51(81)77-30-20-24-46(77)57(91-14)40(9)58(83)70-41(10)56(82)43-21-17-16-18-22-43)75(11)62(87)53(37(4)5)74-61(86)54(38(6)7)76(12)64(89)92-35-42-25-27-44(28-26-42)71-59(84)45(23-19-29-67-63(66)88)72-60(85)52(36(2)3)73-50(80)34-69-49(79)33-68-48(78)32-65/h16-18,21-22,25-28,36-41,45-47,52-57,82H,15,19-20,23-24,29-35,65H2,1-14H3,(H,68,78)(H,69,79)(H,70,83)(H,71,84)(H,72,85)(H,73,80)(H,74,86)(H3,66,67,88)/t39-,40+,41+,45-,46+,47+,52-,53-,54-,55?,56+,57+/m0/s1. The van der Waals surface area contributed by atoms with Crippen LogP contribution in [0.1, 0.15) is 125 Å². The van der Waals surface area contributed by atoms with Crippen molar-refractivity contribution in [1.29, 1.82) is 0 Å². The van der Waals surface area contributed by atoms with Gasteiger partial charge in [-0.1, -0.05) is 111 Å². The molecule has 2 aromatic rings. The molecule has 1 aliphatic rings. The minimum Gasteiger partial charge on any atom is -0.445 e. The van der Waals surface area contributed by atoms with E-state index >= 15 is 0 Å². The Kier molecular flexibility index (Phi) is 33.0. The molecule has 1 fully saturated rings. The first-order valence-corrected chi connectivity index (χ1v) is 31.5. The number of likely N-dealkylation sites (tertiary alicyclic amines) is 1. The highest BCUT2D eigenvalue weighted by molar-refractivity contribution is 5.99. The van der Waals surface area contributed by atoms with Gasteiger partial charge in [-0.25, -0.2) is 9.59 Å². The predicted molar refractivity (Wildman–Crippen MR) is 344 cm³/mol. The Bertz CT molecular complexity index is 2760. The average Bonchev–Trinajstić information content (AvgIpc) is 1.54. The van der Waals surface area contributed by atoms with Crippen LogP contribution in [0.4, 0.5) is 15.3 Å². The smallest absolute Gasteiger partial charge is 0.410 e. The van der Waals surface area contributed by atoms with Crippen molar-refractivity contribution in [3.8, 4) is 0 Å². The summed E-state index contributed by atoms with van der Waals surface area (Å²) >= 11 is 0. The van der Waals surface area contributed by atoms with Gasteiger partial charge in [-0.3, -0.25) is 48.1 Å². The van der Waals surface area contributed by atoms with E-state index in [-0.39, 0.29) is 56.7 Å². The van der Waals surface area contributed by atoms with Crippen molar-refractivity contribution < 1.29 is 72.1 Å². The summed E-state index contributed by atoms with van der Waals surface area (Å²) in [5.74, 6) is -7.14. The van der Waals surface area contributed by atoms with Crippen LogP contribution < -0.4 is 54.0 Å². The topological polar surface area (TPSA) is 394 Å². The zero-order valence-corrected chi connectivity index (χ0v) is 56.0. The maximum atomic E-state index is 14.8. The molecule has 0 bridgehead atoms. The van der Waals surface area contributed by atoms with Crippen LogP contribution in [0.3, 0.4) is 0 Å². The fourth-order valence-electron chi connectivity index (χ4n) is 11.2. The molecule has 1 saturated heterocycles. The average molecular weight is 1290 g/mol. The Morgan fingerprint density at radius 1 is 0.696 bits per heavy atom. The van der Waals surface area contributed by atoms with Gasteiger partial charge in [0, 0.05) is 47.1 Å². The quantitative estimate of drug-likeness (QED) is 0.0430. The number of likely N-dealkylation sites (N-methyl/N-ethyl adjacent to an activating group) is 2. The number of aliphatic hydroxyl groups is 1. The van der Waals surface area contributed by atoms with Crippen LogP contribution in [-0.2, 0) is 64.0 Å². The number of carbonyl (C=O) groups excluding carboxylic acids is 11. The van der Waals surface area contributed by atoms with E-state index < -0.39 is 151 Å². The van der Waals surface area contributed by atoms with Crippen LogP contribution in [0, 0.1) is 29.6 Å². The normalized spacial score (nSPS) is 16.6. The summed E-state index contributed by atoms with van der Waals surface area (Å²) in [7, 11) is 6.05. The third kappa shape index (κ3) is 23.9. The molecule has 1 heterocycles. The van der Waals surface area contributed by atoms with E-state index in [1.807, 2.05) is 32.0 Å². The number of methoxy groups -OCH3 is 2. The van der Waals surface area contributed by atoms with Gasteiger partial charge in [0.15, 0.2) is 0 Å². The lowest BCUT2D eigenvalue weighted by Gasteiger charge is -2.41. The van der Waals surface area contributed by atoms with Crippen molar-refractivity contribution in [3.05, 3.63) is 65.7 Å². The summed E-state index contributed by atoms with van der Waals surface area (Å²) in [6, 6.07) is 8.36. The molecular weight excluding hydrogens is 1190 g/mol. The van der Waals surface area contributed by atoms with Crippen molar-refractivity contribution in [3.63, 3.8) is 0 Å². The Morgan fingerprint density at radius 2 is 1.32 bits per heavy atom. The third-order valence-electron chi connectivity index (χ3n) is 16.6. The maximum absolute atomic E-state index is 14.8. The van der Waals surface area contributed by atoms with Gasteiger partial charge in [0.1, 0.15) is 30.8 Å². The summed E-state index contributed by atoms with van der Waals surface area (Å²) in [5, 5.41) is 31.8. The highest BCUT2D eigenvalue weighted by Gasteiger charge is 2.44. The third-order valence-corrected chi connectivity index (χ3v) is 16.6. The summed E-state index contributed by atoms with van der Waals surface area (Å²) in [6.07, 6.45) is -1.21. The van der Waals surface area contributed by atoms with E-state index in [4.69, 9.17) is 25.7 Å². The van der Waals surface area contributed by atoms with Gasteiger partial charge >= 0.3 is 12.1 Å². The maximum Gasteiger partial charge on any atom is 0.410 e. The largest absolute Gasteiger partial charge is 0.445 e. The number of hydrogen-bond acceptors (Lipinski definition) is 16. The SMILES string of the molecule is CC[C@H](C)C([C@@H](CC(=O)N1CCC[C@@H]1[C@H](OC)[C@@H](C)C(=O)N[C@H](C)[C@@H](O)c1ccccc1)OC)N(C)C(=O)[C@@H](NC(=O)[C@H](C(C)C)N(C)C(=O)OCc1ccc(NC(=O)[C@H](CCCNC(N)=O)NC(=O)[C@@H](NC(=O)CNC(=O)CNC(=O)CN)C(C)C)cc1)C(C)C. The Hall–Kier alpha value is -7.95. The number of anilines is 1. The molecule has 1 aliphatic heterocycles. The first-order chi connectivity index (χ1) is 43.4. The lowest BCUT2D eigenvalue weighted by atomic mass is 9.89. The van der Waals surface area contributed by atoms with Crippen LogP contribution >= 0.6 is 0 Å². The van der Waals surface area contributed by atoms with E-state index in [1.165, 1.54) is 26.2 Å². The number of aliphatic hydroxyl groups excluding tert-OH is 1. The van der Waals surface area contributed by atoms with E-state index in [1.54, 1.807) is 104 Å². The number of ether oxygens (including phenoxy) is 3. The summed E-state index contributed by atoms with van der Waals surface area (Å²) in [5.41, 5.74) is 11.9. The number of primary amides is 1. The Labute approximate surface area is 541 Å². The highest BCUT2D eigenvalue weighted by atomic mass is 16.6. The van der Waals surface area contributed by atoms with Crippen molar-refractivity contribution in [1.82, 2.24) is 51.9 Å². The summed E-state index contributed by atoms with van der Waals surface area (Å²) in [4.78, 5) is 150. The lowest BCUT2D eigenvalue weighted by molar-refractivity contribution is -0.148. The van der Waals surface area contributed by atoms with Gasteiger partial charge in [0.2, 0.25) is 53.2 Å². The van der Waals surface area contributed by atoms with Crippen LogP contribution in [0.15, 0.2) is 54.6 Å². The molecule has 0 radical (unpaired) electrons. The van der Waals surface area contributed by atoms with Crippen LogP contribution in [0.25, 0.3) is 0 Å². The van der Waals surface area contributed by atoms with Crippen LogP contribution in [0.5, 0.6) is 0 Å². The van der Waals surface area contributed by atoms with Gasteiger partial charge in [-0.2, -0.15) is 0 Å². The van der Waals surface area contributed by atoms with E-state index in [0.29, 0.717) is 42.6 Å². The first-order valence-electron chi connectivity index (χ1n) is 31.5. The van der Waals surface area contributed by atoms with E-state index in [9.17, 15) is 57.8 Å². The monoisotopic (exact) mass is 1290 g/mol. The molecule has 0 aliphatic carbocycles. The van der Waals surface area contributed by atoms with Gasteiger partial charge in [-0.05, 0) is 79.5 Å². The number of amides is 12. The van der Waals surface area contributed by atoms with Gasteiger partial charge < -0.3 is 83.1 Å². The number of hydrogen-bond donors (Lipinski definition) is 11. The number of nitrogens with two attached hydrogens (primary N) is 2. The van der Waals surface area contributed by atoms with Crippen molar-refractivity contribution in [2.24, 2.45) is 41.1 Å². The molecule has 0 aromatic heterocycles. The molecular formula is C64H103N13O15. The lowest BCUT2D eigenvalue weighted by Crippen LogP contribution is -2.60. The second-order valence-electron chi connectivity index (χ2n) is 24.6. The highest BCUT2D eigenvalue weighted by Crippen LogP contribution is 2.30. The molecule has 0 saturated carbocycles. The first kappa shape index (κ1) is 78.3. The van der Waals surface area contributed by atoms with Crippen LogP contribution in [-0.4, -0.2) is 201 Å². The Balaban J connectivity index is 1.70. The molecule has 13 N–H and O–H groups in total. The number of urea groups is 1. The molecule has 3 rings (SSSR count). The molecule has 12 amide bonds. The van der Waals surface area contributed by atoms with Crippen molar-refractivity contribution in [2.45, 2.75) is 175 Å². The minimum absolute atomic E-state index is 0.0355. The van der Waals surface area contributed by atoms with E-state index in [0.717, 1.165) is 4.90 Å². The fraction of sp³-hybridized carbons (Fsp3) is 0.641. The zero-order valence-electron chi connectivity index (χ0n) is 56.0. The summed E-state index contributed by atoms with van der Waals surface area (Å²) in [6.45, 7) is 16.8. The molecule has 2 aromatic carbocycles. The number of nitrogens with zero attached hydrogens (tertiary/aromatic N) is 3. The zero-order chi connectivity index (χ0) is 69.1. The molecule has 514 valence electrons. The predicted octanol–water partition coefficient (Wildman–Crippen LogP) is 1.78. The second kappa shape index (κ2) is 38.8. The summed E-state index contributed by atoms with van der Waals surface area (Å²) < 4.78 is 17.7. The molecule has 0 spiro atoms. The molecule has 28 nitrogen and oxygen atoms in total.